The van der Waals surface area contributed by atoms with Gasteiger partial charge in [-0.15, -0.1) is 11.8 Å². The molecule has 1 saturated heterocycles. The zero-order chi connectivity index (χ0) is 26.5. The Bertz CT molecular complexity index is 1020. The summed E-state index contributed by atoms with van der Waals surface area (Å²) in [5.74, 6) is -0.585. The van der Waals surface area contributed by atoms with Gasteiger partial charge in [0.05, 0.1) is 17.1 Å². The number of carbonyl (C=O) groups excluding carboxylic acids is 1. The third-order valence-corrected chi connectivity index (χ3v) is 10.1. The van der Waals surface area contributed by atoms with E-state index in [9.17, 15) is 15.0 Å². The van der Waals surface area contributed by atoms with Crippen LogP contribution in [0.4, 0.5) is 0 Å². The van der Waals surface area contributed by atoms with Gasteiger partial charge in [-0.2, -0.15) is 0 Å². The fourth-order valence-electron chi connectivity index (χ4n) is 6.85. The van der Waals surface area contributed by atoms with Gasteiger partial charge >= 0.3 is 0 Å². The third kappa shape index (κ3) is 4.74. The van der Waals surface area contributed by atoms with E-state index in [1.54, 1.807) is 0 Å². The van der Waals surface area contributed by atoms with Crippen LogP contribution in [0.3, 0.4) is 0 Å². The zero-order valence-corrected chi connectivity index (χ0v) is 23.9. The number of carbonyl (C=O) groups is 1. The number of hydrogen-bond acceptors (Lipinski definition) is 6. The predicted molar refractivity (Wildman–Crippen MR) is 145 cm³/mol. The Labute approximate surface area is 221 Å². The van der Waals surface area contributed by atoms with Crippen molar-refractivity contribution in [3.63, 3.8) is 0 Å². The van der Waals surface area contributed by atoms with E-state index in [1.165, 1.54) is 23.4 Å². The molecule has 2 N–H and O–H groups in total. The van der Waals surface area contributed by atoms with Crippen LogP contribution in [-0.2, 0) is 14.3 Å². The van der Waals surface area contributed by atoms with Crippen LogP contribution in [0.25, 0.3) is 0 Å². The van der Waals surface area contributed by atoms with Crippen LogP contribution in [0.1, 0.15) is 74.1 Å². The molecule has 0 spiro atoms. The highest BCUT2D eigenvalue weighted by atomic mass is 32.2. The molecule has 200 valence electrons. The molecule has 4 aliphatic rings. The minimum absolute atomic E-state index is 0.0207. The summed E-state index contributed by atoms with van der Waals surface area (Å²) < 4.78 is 13.0. The van der Waals surface area contributed by atoms with Crippen molar-refractivity contribution in [2.75, 3.05) is 6.26 Å². The van der Waals surface area contributed by atoms with Crippen LogP contribution in [0.2, 0.25) is 0 Å². The maximum Gasteiger partial charge on any atom is 0.244 e. The number of aliphatic hydroxyl groups excluding tert-OH is 1. The second-order valence-electron chi connectivity index (χ2n) is 12.0. The molecule has 0 amide bonds. The molecule has 0 saturated carbocycles. The molecule has 0 aromatic rings. The summed E-state index contributed by atoms with van der Waals surface area (Å²) in [6, 6.07) is 0. The van der Waals surface area contributed by atoms with E-state index < -0.39 is 17.7 Å². The van der Waals surface area contributed by atoms with Crippen molar-refractivity contribution in [2.45, 2.75) is 92.1 Å². The normalized spacial score (nSPS) is 43.6. The van der Waals surface area contributed by atoms with Crippen LogP contribution in [0.5, 0.6) is 0 Å². The monoisotopic (exact) mass is 516 g/mol. The summed E-state index contributed by atoms with van der Waals surface area (Å²) in [4.78, 5) is 13.6. The summed E-state index contributed by atoms with van der Waals surface area (Å²) >= 11 is 1.43. The van der Waals surface area contributed by atoms with Gasteiger partial charge in [-0.3, -0.25) is 4.79 Å². The van der Waals surface area contributed by atoms with Crippen molar-refractivity contribution in [1.82, 2.24) is 0 Å². The average Bonchev–Trinajstić information content (AvgIpc) is 3.09. The number of hydrogen-bond donors (Lipinski definition) is 2. The molecule has 0 unspecified atom stereocenters. The first-order valence-electron chi connectivity index (χ1n) is 13.6. The fraction of sp³-hybridized carbons (Fsp3) is 0.700. The van der Waals surface area contributed by atoms with Gasteiger partial charge in [0.1, 0.15) is 5.76 Å². The van der Waals surface area contributed by atoms with E-state index in [-0.39, 0.29) is 23.7 Å². The lowest BCUT2D eigenvalue weighted by Gasteiger charge is -2.45. The average molecular weight is 517 g/mol. The minimum Gasteiger partial charge on any atom is -0.504 e. The maximum atomic E-state index is 12.9. The summed E-state index contributed by atoms with van der Waals surface area (Å²) in [5.41, 5.74) is 2.52. The molecule has 36 heavy (non-hydrogen) atoms. The van der Waals surface area contributed by atoms with Gasteiger partial charge in [-0.25, -0.2) is 0 Å². The molecular weight excluding hydrogens is 472 g/mol. The summed E-state index contributed by atoms with van der Waals surface area (Å²) in [6.45, 7) is 15.4. The van der Waals surface area contributed by atoms with E-state index in [0.717, 1.165) is 25.7 Å². The molecule has 3 aliphatic heterocycles. The van der Waals surface area contributed by atoms with Crippen LogP contribution in [0.15, 0.2) is 45.3 Å². The van der Waals surface area contributed by atoms with Gasteiger partial charge in [-0.1, -0.05) is 53.2 Å². The molecule has 0 aromatic carbocycles. The van der Waals surface area contributed by atoms with Crippen molar-refractivity contribution in [1.29, 1.82) is 0 Å². The number of ether oxygens (including phenoxy) is 2. The van der Waals surface area contributed by atoms with Crippen molar-refractivity contribution in [3.8, 4) is 0 Å². The molecule has 1 aliphatic carbocycles. The van der Waals surface area contributed by atoms with Crippen LogP contribution in [-0.4, -0.2) is 40.2 Å². The van der Waals surface area contributed by atoms with Gasteiger partial charge in [0.2, 0.25) is 11.6 Å². The number of ketones is 1. The Morgan fingerprint density at radius 3 is 2.42 bits per heavy atom. The quantitative estimate of drug-likeness (QED) is 0.378. The van der Waals surface area contributed by atoms with E-state index in [0.29, 0.717) is 45.5 Å². The van der Waals surface area contributed by atoms with Gasteiger partial charge in [0.15, 0.2) is 5.76 Å². The molecule has 3 heterocycles. The van der Waals surface area contributed by atoms with Gasteiger partial charge in [0, 0.05) is 23.1 Å². The molecule has 9 atom stereocenters. The Hall–Kier alpha value is -1.50. The number of allylic oxidation sites excluding steroid dienone is 4. The maximum absolute atomic E-state index is 12.9. The first-order valence-corrected chi connectivity index (χ1v) is 14.8. The number of fused-ring (bicyclic) bond motifs is 4. The Morgan fingerprint density at radius 2 is 1.75 bits per heavy atom. The lowest BCUT2D eigenvalue weighted by atomic mass is 9.71. The largest absolute Gasteiger partial charge is 0.504 e. The lowest BCUT2D eigenvalue weighted by molar-refractivity contribution is -0.166. The second-order valence-corrected chi connectivity index (χ2v) is 12.8. The highest BCUT2D eigenvalue weighted by Gasteiger charge is 2.53. The van der Waals surface area contributed by atoms with E-state index in [1.807, 2.05) is 13.2 Å². The van der Waals surface area contributed by atoms with Crippen LogP contribution < -0.4 is 0 Å². The third-order valence-electron chi connectivity index (χ3n) is 9.19. The topological polar surface area (TPSA) is 76.0 Å². The molecule has 4 bridgehead atoms. The predicted octanol–water partition coefficient (Wildman–Crippen LogP) is 6.71. The number of thioether (sulfide) groups is 1. The first kappa shape index (κ1) is 27.5. The van der Waals surface area contributed by atoms with Gasteiger partial charge in [0.25, 0.3) is 0 Å². The number of aliphatic hydroxyl groups is 2. The van der Waals surface area contributed by atoms with Crippen molar-refractivity contribution in [3.05, 3.63) is 45.3 Å². The Kier molecular flexibility index (Phi) is 7.91. The van der Waals surface area contributed by atoms with E-state index in [4.69, 9.17) is 9.47 Å². The smallest absolute Gasteiger partial charge is 0.244 e. The lowest BCUT2D eigenvalue weighted by Crippen LogP contribution is -2.46. The zero-order valence-electron chi connectivity index (χ0n) is 23.1. The SMILES string of the molecule is CSC1=C2C3=CC(=O)C(O)=C2[C@@H]2O[C@H](CC[C@H](C)/C=C(\C)C[C@@H](C)C[C@H](C)[C@]1(O)O3)[C@H](C)[C@H](C)[C@H]2C. The minimum atomic E-state index is -1.55. The van der Waals surface area contributed by atoms with E-state index >= 15 is 0 Å². The van der Waals surface area contributed by atoms with E-state index in [2.05, 4.69) is 47.6 Å². The number of rotatable bonds is 1. The molecular formula is C30H44O5S. The first-order chi connectivity index (χ1) is 16.9. The molecule has 1 fully saturated rings. The standard InChI is InChI=1S/C30H44O5S/c1-15-9-10-23-20(6)19(5)21(7)28(34-23)26-25-24(14-22(31)27(26)32)35-30(33,29(25)36-8)18(4)13-17(3)12-16(2)11-15/h11,14-15,17-21,23,28,32-33H,9-10,12-13H2,1-8H3/b16-11+/t15-,17+,18-,19-,20+,21+,23+,28+,30-/m0/s1. The molecule has 0 radical (unpaired) electrons. The molecule has 5 nitrogen and oxygen atoms in total. The second kappa shape index (κ2) is 10.3. The summed E-state index contributed by atoms with van der Waals surface area (Å²) in [5, 5.41) is 23.2. The van der Waals surface area contributed by atoms with Crippen molar-refractivity contribution in [2.24, 2.45) is 35.5 Å². The van der Waals surface area contributed by atoms with Crippen LogP contribution >= 0.6 is 11.8 Å². The fourth-order valence-corrected chi connectivity index (χ4v) is 7.80. The Morgan fingerprint density at radius 1 is 1.06 bits per heavy atom. The Balaban J connectivity index is 1.88. The molecule has 0 aromatic heterocycles. The van der Waals surface area contributed by atoms with Gasteiger partial charge in [-0.05, 0) is 68.5 Å². The summed E-state index contributed by atoms with van der Waals surface area (Å²) in [6.07, 6.45) is 8.90. The highest BCUT2D eigenvalue weighted by Crippen LogP contribution is 2.54. The molecule has 6 heteroatoms. The summed E-state index contributed by atoms with van der Waals surface area (Å²) in [7, 11) is 0. The van der Waals surface area contributed by atoms with Crippen LogP contribution in [0, 0.1) is 35.5 Å². The molecule has 4 rings (SSSR count). The van der Waals surface area contributed by atoms with Crippen molar-refractivity contribution < 1.29 is 24.5 Å². The van der Waals surface area contributed by atoms with Crippen molar-refractivity contribution >= 4 is 17.5 Å². The van der Waals surface area contributed by atoms with Gasteiger partial charge < -0.3 is 19.7 Å². The highest BCUT2D eigenvalue weighted by molar-refractivity contribution is 8.02.